The number of hydrogen-bond donors (Lipinski definition) is 0. The maximum absolute atomic E-state index is 13.6. The van der Waals surface area contributed by atoms with E-state index in [2.05, 4.69) is 18.7 Å². The number of rotatable bonds is 10. The summed E-state index contributed by atoms with van der Waals surface area (Å²) in [6.45, 7) is 8.76. The van der Waals surface area contributed by atoms with Crippen LogP contribution in [-0.2, 0) is 9.53 Å². The monoisotopic (exact) mass is 474 g/mol. The van der Waals surface area contributed by atoms with Gasteiger partial charge in [0, 0.05) is 39.5 Å². The van der Waals surface area contributed by atoms with Crippen LogP contribution < -0.4 is 10.5 Å². The summed E-state index contributed by atoms with van der Waals surface area (Å²) < 4.78 is 7.15. The summed E-state index contributed by atoms with van der Waals surface area (Å²) in [4.78, 5) is 35.7. The zero-order chi connectivity index (χ0) is 23.3. The number of ether oxygens (including phenoxy) is 1. The van der Waals surface area contributed by atoms with Gasteiger partial charge in [0.2, 0.25) is 0 Å². The molecule has 1 amide bonds. The van der Waals surface area contributed by atoms with Crippen LogP contribution in [0, 0.1) is 6.92 Å². The van der Waals surface area contributed by atoms with Crippen molar-refractivity contribution in [1.82, 2.24) is 14.3 Å². The molecule has 0 radical (unpaired) electrons. The topological polar surface area (TPSA) is 67.2 Å². The fourth-order valence-corrected chi connectivity index (χ4v) is 5.01. The fraction of sp³-hybridized carbons (Fsp3) is 0.478. The van der Waals surface area contributed by atoms with Crippen molar-refractivity contribution < 1.29 is 9.53 Å². The first kappa shape index (κ1) is 24.4. The first-order chi connectivity index (χ1) is 15.4. The molecular formula is C23H30N4O3S2. The summed E-state index contributed by atoms with van der Waals surface area (Å²) in [5.41, 5.74) is 1.80. The number of aromatic nitrogens is 2. The van der Waals surface area contributed by atoms with Gasteiger partial charge >= 0.3 is 0 Å². The third kappa shape index (κ3) is 5.05. The zero-order valence-electron chi connectivity index (χ0n) is 19.1. The molecule has 7 nitrogen and oxygen atoms in total. The molecule has 3 rings (SSSR count). The second kappa shape index (κ2) is 11.1. The Labute approximate surface area is 198 Å². The highest BCUT2D eigenvalue weighted by Gasteiger charge is 2.32. The van der Waals surface area contributed by atoms with E-state index in [-0.39, 0.29) is 11.5 Å². The van der Waals surface area contributed by atoms with Crippen LogP contribution >= 0.6 is 24.0 Å². The summed E-state index contributed by atoms with van der Waals surface area (Å²) in [6, 6.07) is 3.78. The van der Waals surface area contributed by atoms with Gasteiger partial charge in [0.25, 0.3) is 11.5 Å². The number of nitrogens with zero attached hydrogens (tertiary/aromatic N) is 4. The largest absolute Gasteiger partial charge is 0.385 e. The van der Waals surface area contributed by atoms with Gasteiger partial charge in [0.05, 0.1) is 10.5 Å². The molecule has 2 aromatic heterocycles. The first-order valence-corrected chi connectivity index (χ1v) is 12.2. The Morgan fingerprint density at radius 2 is 1.97 bits per heavy atom. The van der Waals surface area contributed by atoms with Crippen molar-refractivity contribution in [1.29, 1.82) is 0 Å². The van der Waals surface area contributed by atoms with Gasteiger partial charge in [0.1, 0.15) is 15.8 Å². The number of amides is 1. The summed E-state index contributed by atoms with van der Waals surface area (Å²) in [5, 5.41) is 0. The fourth-order valence-electron chi connectivity index (χ4n) is 3.72. The van der Waals surface area contributed by atoms with Crippen molar-refractivity contribution in [3.05, 3.63) is 44.7 Å². The molecule has 2 aromatic rings. The lowest BCUT2D eigenvalue weighted by molar-refractivity contribution is -0.122. The van der Waals surface area contributed by atoms with Crippen LogP contribution in [-0.4, -0.2) is 57.9 Å². The molecule has 0 spiro atoms. The van der Waals surface area contributed by atoms with E-state index >= 15 is 0 Å². The number of hydrogen-bond acceptors (Lipinski definition) is 7. The van der Waals surface area contributed by atoms with Crippen molar-refractivity contribution in [2.45, 2.75) is 40.0 Å². The molecule has 1 aliphatic heterocycles. The SMILES string of the molecule is CCCN(CCC)c1nc2c(C)cccn2c(=O)c1/C=C1\SC(=S)N(CCCOC)C1=O. The highest BCUT2D eigenvalue weighted by Crippen LogP contribution is 2.33. The quantitative estimate of drug-likeness (QED) is 0.294. The molecule has 0 saturated carbocycles. The molecule has 1 aliphatic rings. The minimum Gasteiger partial charge on any atom is -0.385 e. The molecule has 0 N–H and O–H groups in total. The van der Waals surface area contributed by atoms with E-state index in [0.717, 1.165) is 31.5 Å². The molecule has 0 bridgehead atoms. The average Bonchev–Trinajstić information content (AvgIpc) is 3.03. The summed E-state index contributed by atoms with van der Waals surface area (Å²) in [5.74, 6) is 0.450. The number of carbonyl (C=O) groups excluding carboxylic acids is 1. The third-order valence-corrected chi connectivity index (χ3v) is 6.61. The van der Waals surface area contributed by atoms with Gasteiger partial charge in [-0.05, 0) is 43.9 Å². The predicted molar refractivity (Wildman–Crippen MR) is 135 cm³/mol. The van der Waals surface area contributed by atoms with Gasteiger partial charge in [-0.15, -0.1) is 0 Å². The van der Waals surface area contributed by atoms with Crippen LogP contribution in [0.15, 0.2) is 28.0 Å². The molecule has 0 atom stereocenters. The van der Waals surface area contributed by atoms with Crippen molar-refractivity contribution in [2.75, 3.05) is 38.3 Å². The van der Waals surface area contributed by atoms with Crippen molar-refractivity contribution in [3.63, 3.8) is 0 Å². The molecule has 1 fully saturated rings. The van der Waals surface area contributed by atoms with Crippen LogP contribution in [0.4, 0.5) is 5.82 Å². The third-order valence-electron chi connectivity index (χ3n) is 5.23. The maximum atomic E-state index is 13.6. The maximum Gasteiger partial charge on any atom is 0.267 e. The van der Waals surface area contributed by atoms with E-state index < -0.39 is 0 Å². The van der Waals surface area contributed by atoms with Crippen LogP contribution in [0.1, 0.15) is 44.2 Å². The van der Waals surface area contributed by atoms with Gasteiger partial charge in [-0.1, -0.05) is 43.9 Å². The summed E-state index contributed by atoms with van der Waals surface area (Å²) in [6.07, 6.45) is 5.94. The number of fused-ring (bicyclic) bond motifs is 1. The standard InChI is InChI=1S/C23H30N4O3S2/c1-5-10-25(11-6-2)20-17(21(28)26-12-7-9-16(3)19(26)24-20)15-18-22(29)27(23(31)32-18)13-8-14-30-4/h7,9,12,15H,5-6,8,10-11,13-14H2,1-4H3/b18-15-. The lowest BCUT2D eigenvalue weighted by atomic mass is 10.2. The molecule has 32 heavy (non-hydrogen) atoms. The molecule has 172 valence electrons. The highest BCUT2D eigenvalue weighted by atomic mass is 32.2. The Kier molecular flexibility index (Phi) is 8.44. The lowest BCUT2D eigenvalue weighted by Gasteiger charge is -2.25. The number of aryl methyl sites for hydroxylation is 1. The zero-order valence-corrected chi connectivity index (χ0v) is 20.7. The Balaban J connectivity index is 2.13. The first-order valence-electron chi connectivity index (χ1n) is 10.9. The molecular weight excluding hydrogens is 444 g/mol. The van der Waals surface area contributed by atoms with Gasteiger partial charge in [-0.3, -0.25) is 18.9 Å². The van der Waals surface area contributed by atoms with Gasteiger partial charge in [-0.2, -0.15) is 0 Å². The average molecular weight is 475 g/mol. The number of thiocarbonyl (C=S) groups is 1. The molecule has 1 saturated heterocycles. The Morgan fingerprint density at radius 1 is 1.25 bits per heavy atom. The van der Waals surface area contributed by atoms with E-state index in [1.165, 1.54) is 11.8 Å². The highest BCUT2D eigenvalue weighted by molar-refractivity contribution is 8.26. The summed E-state index contributed by atoms with van der Waals surface area (Å²) in [7, 11) is 1.63. The molecule has 3 heterocycles. The molecule has 0 unspecified atom stereocenters. The van der Waals surface area contributed by atoms with Crippen molar-refractivity contribution in [2.24, 2.45) is 0 Å². The Hall–Kier alpha value is -2.23. The van der Waals surface area contributed by atoms with E-state index in [0.29, 0.717) is 45.8 Å². The number of methoxy groups -OCH3 is 1. The van der Waals surface area contributed by atoms with E-state index in [1.54, 1.807) is 28.7 Å². The Bertz CT molecular complexity index is 1090. The van der Waals surface area contributed by atoms with E-state index in [1.807, 2.05) is 19.1 Å². The smallest absolute Gasteiger partial charge is 0.267 e. The van der Waals surface area contributed by atoms with Gasteiger partial charge < -0.3 is 9.64 Å². The number of carbonyl (C=O) groups is 1. The molecule has 9 heteroatoms. The van der Waals surface area contributed by atoms with Gasteiger partial charge in [-0.25, -0.2) is 4.98 Å². The van der Waals surface area contributed by atoms with Crippen molar-refractivity contribution in [3.8, 4) is 0 Å². The summed E-state index contributed by atoms with van der Waals surface area (Å²) >= 11 is 6.66. The van der Waals surface area contributed by atoms with Crippen LogP contribution in [0.3, 0.4) is 0 Å². The second-order valence-electron chi connectivity index (χ2n) is 7.71. The molecule has 0 aliphatic carbocycles. The normalized spacial score (nSPS) is 15.4. The predicted octanol–water partition coefficient (Wildman–Crippen LogP) is 3.87. The van der Waals surface area contributed by atoms with E-state index in [4.69, 9.17) is 21.9 Å². The van der Waals surface area contributed by atoms with Crippen LogP contribution in [0.25, 0.3) is 11.7 Å². The number of pyridine rings is 1. The minimum absolute atomic E-state index is 0.173. The van der Waals surface area contributed by atoms with Crippen LogP contribution in [0.5, 0.6) is 0 Å². The second-order valence-corrected chi connectivity index (χ2v) is 9.38. The lowest BCUT2D eigenvalue weighted by Crippen LogP contribution is -2.31. The van der Waals surface area contributed by atoms with Crippen LogP contribution in [0.2, 0.25) is 0 Å². The van der Waals surface area contributed by atoms with Gasteiger partial charge in [0.15, 0.2) is 0 Å². The van der Waals surface area contributed by atoms with E-state index in [9.17, 15) is 9.59 Å². The minimum atomic E-state index is -0.185. The number of thioether (sulfide) groups is 1. The Morgan fingerprint density at radius 3 is 2.62 bits per heavy atom. The van der Waals surface area contributed by atoms with Crippen molar-refractivity contribution >= 4 is 51.7 Å². The number of anilines is 1. The molecule has 0 aromatic carbocycles.